The monoisotopic (exact) mass is 284 g/mol. The van der Waals surface area contributed by atoms with Crippen molar-refractivity contribution in [3.05, 3.63) is 65.5 Å². The third-order valence-electron chi connectivity index (χ3n) is 3.92. The summed E-state index contributed by atoms with van der Waals surface area (Å²) in [5.74, 6) is -0.599. The summed E-state index contributed by atoms with van der Waals surface area (Å²) < 4.78 is 13.3. The van der Waals surface area contributed by atoms with Crippen molar-refractivity contribution in [2.75, 3.05) is 18.5 Å². The Morgan fingerprint density at radius 2 is 2.05 bits per heavy atom. The average Bonchev–Trinajstić information content (AvgIpc) is 2.53. The minimum absolute atomic E-state index is 0.0275. The maximum atomic E-state index is 13.3. The Balaban J connectivity index is 1.89. The molecule has 0 saturated heterocycles. The molecule has 108 valence electrons. The summed E-state index contributed by atoms with van der Waals surface area (Å²) in [5, 5.41) is 3.27. The molecule has 2 aromatic carbocycles. The van der Waals surface area contributed by atoms with Crippen molar-refractivity contribution in [2.24, 2.45) is 0 Å². The molecule has 3 nitrogen and oxygen atoms in total. The molecule has 2 aromatic rings. The first kappa shape index (κ1) is 13.8. The highest BCUT2D eigenvalue weighted by molar-refractivity contribution is 5.98. The van der Waals surface area contributed by atoms with Crippen molar-refractivity contribution in [3.8, 4) is 0 Å². The molecule has 0 fully saturated rings. The van der Waals surface area contributed by atoms with Crippen molar-refractivity contribution >= 4 is 11.6 Å². The molecule has 0 saturated carbocycles. The van der Waals surface area contributed by atoms with E-state index in [4.69, 9.17) is 0 Å². The summed E-state index contributed by atoms with van der Waals surface area (Å²) in [5.41, 5.74) is 2.78. The lowest BCUT2D eigenvalue weighted by atomic mass is 9.90. The zero-order chi connectivity index (χ0) is 14.8. The number of halogens is 1. The van der Waals surface area contributed by atoms with Gasteiger partial charge in [0.1, 0.15) is 5.82 Å². The van der Waals surface area contributed by atoms with E-state index in [0.717, 1.165) is 17.7 Å². The minimum Gasteiger partial charge on any atom is -0.315 e. The van der Waals surface area contributed by atoms with Crippen LogP contribution in [0.4, 0.5) is 10.1 Å². The maximum Gasteiger partial charge on any atom is 0.235 e. The number of nitrogens with zero attached hydrogens (tertiary/aromatic N) is 1. The molecule has 0 radical (unpaired) electrons. The zero-order valence-corrected chi connectivity index (χ0v) is 11.8. The molecule has 1 N–H and O–H groups in total. The molecular weight excluding hydrogens is 267 g/mol. The summed E-state index contributed by atoms with van der Waals surface area (Å²) in [6.45, 7) is 1.39. The molecule has 1 aliphatic heterocycles. The number of anilines is 1. The smallest absolute Gasteiger partial charge is 0.235 e. The number of amides is 1. The van der Waals surface area contributed by atoms with Gasteiger partial charge in [0.2, 0.25) is 5.91 Å². The first-order valence-electron chi connectivity index (χ1n) is 6.98. The second-order valence-corrected chi connectivity index (χ2v) is 5.26. The summed E-state index contributed by atoms with van der Waals surface area (Å²) in [6.07, 6.45) is 0. The summed E-state index contributed by atoms with van der Waals surface area (Å²) in [6, 6.07) is 14.1. The second kappa shape index (κ2) is 5.66. The highest BCUT2D eigenvalue weighted by Gasteiger charge is 2.28. The van der Waals surface area contributed by atoms with Crippen LogP contribution in [0.5, 0.6) is 0 Å². The van der Waals surface area contributed by atoms with E-state index in [1.165, 1.54) is 17.0 Å². The number of nitrogens with one attached hydrogen (secondary N) is 1. The van der Waals surface area contributed by atoms with Gasteiger partial charge in [-0.3, -0.25) is 4.79 Å². The fourth-order valence-corrected chi connectivity index (χ4v) is 2.76. The first-order chi connectivity index (χ1) is 10.2. The van der Waals surface area contributed by atoms with Gasteiger partial charge in [-0.25, -0.2) is 4.39 Å². The molecule has 1 amide bonds. The molecule has 4 heteroatoms. The van der Waals surface area contributed by atoms with Gasteiger partial charge in [0.05, 0.1) is 5.92 Å². The van der Waals surface area contributed by atoms with E-state index >= 15 is 0 Å². The quantitative estimate of drug-likeness (QED) is 0.919. The van der Waals surface area contributed by atoms with Crippen LogP contribution in [-0.2, 0) is 11.3 Å². The highest BCUT2D eigenvalue weighted by Crippen LogP contribution is 2.27. The molecule has 1 unspecified atom stereocenters. The van der Waals surface area contributed by atoms with Gasteiger partial charge in [0.25, 0.3) is 0 Å². The zero-order valence-electron chi connectivity index (χ0n) is 11.8. The third-order valence-corrected chi connectivity index (χ3v) is 3.92. The Kier molecular flexibility index (Phi) is 3.71. The third kappa shape index (κ3) is 2.67. The largest absolute Gasteiger partial charge is 0.315 e. The molecule has 21 heavy (non-hydrogen) atoms. The van der Waals surface area contributed by atoms with Gasteiger partial charge in [0, 0.05) is 25.8 Å². The van der Waals surface area contributed by atoms with Crippen LogP contribution in [0, 0.1) is 5.82 Å². The predicted octanol–water partition coefficient (Wildman–Crippen LogP) is 2.68. The lowest BCUT2D eigenvalue weighted by molar-refractivity contribution is -0.119. The van der Waals surface area contributed by atoms with E-state index in [1.807, 2.05) is 24.3 Å². The predicted molar refractivity (Wildman–Crippen MR) is 80.7 cm³/mol. The van der Waals surface area contributed by atoms with Crippen LogP contribution in [0.15, 0.2) is 48.5 Å². The minimum atomic E-state index is -0.339. The van der Waals surface area contributed by atoms with Crippen molar-refractivity contribution in [3.63, 3.8) is 0 Å². The summed E-state index contributed by atoms with van der Waals surface area (Å²) in [7, 11) is 1.69. The normalized spacial score (nSPS) is 17.1. The van der Waals surface area contributed by atoms with Gasteiger partial charge < -0.3 is 10.2 Å². The van der Waals surface area contributed by atoms with Crippen LogP contribution >= 0.6 is 0 Å². The van der Waals surface area contributed by atoms with E-state index < -0.39 is 0 Å². The van der Waals surface area contributed by atoms with Gasteiger partial charge in [-0.1, -0.05) is 30.3 Å². The maximum absolute atomic E-state index is 13.3. The fourth-order valence-electron chi connectivity index (χ4n) is 2.76. The molecule has 1 aliphatic rings. The molecule has 0 aliphatic carbocycles. The van der Waals surface area contributed by atoms with Crippen LogP contribution in [-0.4, -0.2) is 19.5 Å². The molecule has 1 heterocycles. The number of carbonyl (C=O) groups excluding carboxylic acids is 1. The van der Waals surface area contributed by atoms with Crippen molar-refractivity contribution in [2.45, 2.75) is 12.5 Å². The molecule has 3 rings (SSSR count). The molecule has 0 aromatic heterocycles. The number of rotatable bonds is 2. The van der Waals surface area contributed by atoms with Crippen LogP contribution in [0.1, 0.15) is 17.0 Å². The molecular formula is C17H17FN2O. The Hall–Kier alpha value is -2.20. The lowest BCUT2D eigenvalue weighted by Crippen LogP contribution is -2.40. The number of hydrogen-bond acceptors (Lipinski definition) is 2. The SMILES string of the molecule is CN(C(=O)C1CNCc2ccccc21)c1cccc(F)c1. The topological polar surface area (TPSA) is 32.3 Å². The number of benzene rings is 2. The van der Waals surface area contributed by atoms with E-state index in [1.54, 1.807) is 19.2 Å². The van der Waals surface area contributed by atoms with E-state index in [2.05, 4.69) is 5.32 Å². The lowest BCUT2D eigenvalue weighted by Gasteiger charge is -2.29. The highest BCUT2D eigenvalue weighted by atomic mass is 19.1. The van der Waals surface area contributed by atoms with Crippen molar-refractivity contribution in [1.82, 2.24) is 5.32 Å². The molecule has 0 spiro atoms. The van der Waals surface area contributed by atoms with Crippen LogP contribution in [0.25, 0.3) is 0 Å². The molecule has 0 bridgehead atoms. The Bertz CT molecular complexity index is 671. The van der Waals surface area contributed by atoms with E-state index in [-0.39, 0.29) is 17.6 Å². The Morgan fingerprint density at radius 1 is 1.24 bits per heavy atom. The van der Waals surface area contributed by atoms with E-state index in [9.17, 15) is 9.18 Å². The van der Waals surface area contributed by atoms with Gasteiger partial charge >= 0.3 is 0 Å². The van der Waals surface area contributed by atoms with Gasteiger partial charge in [-0.15, -0.1) is 0 Å². The average molecular weight is 284 g/mol. The number of fused-ring (bicyclic) bond motifs is 1. The standard InChI is InChI=1S/C17H17FN2O/c1-20(14-7-4-6-13(18)9-14)17(21)16-11-19-10-12-5-2-3-8-15(12)16/h2-9,16,19H,10-11H2,1H3. The van der Waals surface area contributed by atoms with Crippen molar-refractivity contribution in [1.29, 1.82) is 0 Å². The van der Waals surface area contributed by atoms with E-state index in [0.29, 0.717) is 12.2 Å². The Morgan fingerprint density at radius 3 is 2.86 bits per heavy atom. The summed E-state index contributed by atoms with van der Waals surface area (Å²) >= 11 is 0. The summed E-state index contributed by atoms with van der Waals surface area (Å²) in [4.78, 5) is 14.3. The molecule has 1 atom stereocenters. The first-order valence-corrected chi connectivity index (χ1v) is 6.98. The van der Waals surface area contributed by atoms with Crippen LogP contribution in [0.3, 0.4) is 0 Å². The number of hydrogen-bond donors (Lipinski definition) is 1. The van der Waals surface area contributed by atoms with Crippen LogP contribution < -0.4 is 10.2 Å². The van der Waals surface area contributed by atoms with Crippen LogP contribution in [0.2, 0.25) is 0 Å². The van der Waals surface area contributed by atoms with Crippen molar-refractivity contribution < 1.29 is 9.18 Å². The fraction of sp³-hybridized carbons (Fsp3) is 0.235. The Labute approximate surface area is 123 Å². The second-order valence-electron chi connectivity index (χ2n) is 5.26. The number of carbonyl (C=O) groups is 1. The van der Waals surface area contributed by atoms with Gasteiger partial charge in [-0.2, -0.15) is 0 Å². The van der Waals surface area contributed by atoms with Gasteiger partial charge in [0.15, 0.2) is 0 Å². The number of likely N-dealkylation sites (N-methyl/N-ethyl adjacent to an activating group) is 1. The van der Waals surface area contributed by atoms with Gasteiger partial charge in [-0.05, 0) is 29.3 Å².